The van der Waals surface area contributed by atoms with Crippen LogP contribution in [0.4, 0.5) is 5.95 Å². The number of nitrogens with zero attached hydrogens (tertiary/aromatic N) is 3. The number of aliphatic hydroxyl groups is 2. The number of rotatable bonds is 6. The molecule has 2 aliphatic heterocycles. The van der Waals surface area contributed by atoms with Gasteiger partial charge in [0, 0.05) is 37.0 Å². The topological polar surface area (TPSA) is 117 Å². The van der Waals surface area contributed by atoms with Gasteiger partial charge < -0.3 is 29.7 Å². The SMILES string of the molecule is CC1(C)OB(c2cnc(N3CCCC[C@H]3CNC(=O)[C@H](O)CO)nc2)OC1(C)C. The third-order valence-corrected chi connectivity index (χ3v) is 6.06. The number of anilines is 1. The van der Waals surface area contributed by atoms with Crippen molar-refractivity contribution < 1.29 is 24.3 Å². The smallest absolute Gasteiger partial charge is 0.399 e. The van der Waals surface area contributed by atoms with Gasteiger partial charge in [-0.05, 0) is 47.0 Å². The Morgan fingerprint density at radius 3 is 2.48 bits per heavy atom. The second-order valence-electron chi connectivity index (χ2n) is 8.69. The maximum absolute atomic E-state index is 11.8. The Morgan fingerprint density at radius 1 is 1.28 bits per heavy atom. The van der Waals surface area contributed by atoms with Crippen LogP contribution in [0.25, 0.3) is 0 Å². The number of aromatic nitrogens is 2. The summed E-state index contributed by atoms with van der Waals surface area (Å²) in [5, 5.41) is 21.0. The Labute approximate surface area is 172 Å². The number of carbonyl (C=O) groups excluding carboxylic acids is 1. The van der Waals surface area contributed by atoms with E-state index >= 15 is 0 Å². The largest absolute Gasteiger partial charge is 0.498 e. The molecule has 160 valence electrons. The van der Waals surface area contributed by atoms with Crippen LogP contribution in [0.5, 0.6) is 0 Å². The molecule has 2 fully saturated rings. The molecule has 0 aliphatic carbocycles. The van der Waals surface area contributed by atoms with Crippen molar-refractivity contribution in [3.05, 3.63) is 12.4 Å². The lowest BCUT2D eigenvalue weighted by Gasteiger charge is -2.36. The van der Waals surface area contributed by atoms with Crippen molar-refractivity contribution in [2.24, 2.45) is 0 Å². The van der Waals surface area contributed by atoms with E-state index < -0.39 is 36.9 Å². The van der Waals surface area contributed by atoms with Crippen LogP contribution in [0.15, 0.2) is 12.4 Å². The molecule has 2 aliphatic rings. The zero-order valence-corrected chi connectivity index (χ0v) is 17.6. The average Bonchev–Trinajstić information content (AvgIpc) is 2.93. The predicted molar refractivity (Wildman–Crippen MR) is 109 cm³/mol. The molecule has 1 amide bonds. The summed E-state index contributed by atoms with van der Waals surface area (Å²) in [6, 6.07) is 0.0290. The highest BCUT2D eigenvalue weighted by atomic mass is 16.7. The molecule has 10 heteroatoms. The first-order chi connectivity index (χ1) is 13.6. The van der Waals surface area contributed by atoms with Crippen molar-refractivity contribution in [3.8, 4) is 0 Å². The lowest BCUT2D eigenvalue weighted by atomic mass is 9.81. The van der Waals surface area contributed by atoms with Crippen molar-refractivity contribution in [1.29, 1.82) is 0 Å². The second kappa shape index (κ2) is 8.55. The Kier molecular flexibility index (Phi) is 6.47. The van der Waals surface area contributed by atoms with Gasteiger partial charge in [0.25, 0.3) is 5.91 Å². The fourth-order valence-corrected chi connectivity index (χ4v) is 3.48. The molecule has 0 aromatic carbocycles. The van der Waals surface area contributed by atoms with Gasteiger partial charge in [-0.2, -0.15) is 0 Å². The van der Waals surface area contributed by atoms with E-state index in [1.165, 1.54) is 0 Å². The number of nitrogens with one attached hydrogen (secondary N) is 1. The minimum atomic E-state index is -1.40. The van der Waals surface area contributed by atoms with Crippen LogP contribution in [0, 0.1) is 0 Å². The van der Waals surface area contributed by atoms with Gasteiger partial charge in [-0.25, -0.2) is 9.97 Å². The molecular weight excluding hydrogens is 375 g/mol. The molecule has 0 unspecified atom stereocenters. The summed E-state index contributed by atoms with van der Waals surface area (Å²) in [5.74, 6) is 0.0157. The number of carbonyl (C=O) groups is 1. The van der Waals surface area contributed by atoms with Gasteiger partial charge in [0.15, 0.2) is 6.10 Å². The van der Waals surface area contributed by atoms with E-state index in [1.807, 2.05) is 27.7 Å². The molecule has 9 nitrogen and oxygen atoms in total. The molecule has 1 aromatic rings. The van der Waals surface area contributed by atoms with E-state index in [1.54, 1.807) is 12.4 Å². The highest BCUT2D eigenvalue weighted by molar-refractivity contribution is 6.61. The van der Waals surface area contributed by atoms with Crippen LogP contribution in [0.2, 0.25) is 0 Å². The zero-order valence-electron chi connectivity index (χ0n) is 17.6. The molecule has 0 spiro atoms. The van der Waals surface area contributed by atoms with Gasteiger partial charge in [-0.1, -0.05) is 0 Å². The number of amides is 1. The summed E-state index contributed by atoms with van der Waals surface area (Å²) in [7, 11) is -0.509. The van der Waals surface area contributed by atoms with Crippen molar-refractivity contribution in [3.63, 3.8) is 0 Å². The monoisotopic (exact) mass is 406 g/mol. The number of piperidine rings is 1. The van der Waals surface area contributed by atoms with E-state index in [-0.39, 0.29) is 6.04 Å². The van der Waals surface area contributed by atoms with Crippen molar-refractivity contribution in [2.75, 3.05) is 24.6 Å². The minimum absolute atomic E-state index is 0.0290. The maximum Gasteiger partial charge on any atom is 0.498 e. The van der Waals surface area contributed by atoms with E-state index in [2.05, 4.69) is 20.2 Å². The van der Waals surface area contributed by atoms with E-state index in [9.17, 15) is 9.90 Å². The molecule has 1 aromatic heterocycles. The van der Waals surface area contributed by atoms with Crippen LogP contribution in [0.1, 0.15) is 47.0 Å². The Morgan fingerprint density at radius 2 is 1.90 bits per heavy atom. The molecule has 2 atom stereocenters. The molecule has 0 bridgehead atoms. The predicted octanol–water partition coefficient (Wildman–Crippen LogP) is -0.396. The summed E-state index contributed by atoms with van der Waals surface area (Å²) in [6.45, 7) is 8.57. The number of aliphatic hydroxyl groups excluding tert-OH is 2. The molecule has 0 radical (unpaired) electrons. The van der Waals surface area contributed by atoms with Gasteiger partial charge >= 0.3 is 7.12 Å². The number of hydrogen-bond donors (Lipinski definition) is 3. The van der Waals surface area contributed by atoms with Crippen LogP contribution in [-0.4, -0.2) is 76.3 Å². The standard InChI is InChI=1S/C19H31BN4O5/c1-18(2)19(3,4)29-20(28-18)13-9-22-17(23-10-13)24-8-6-5-7-14(24)11-21-16(27)15(26)12-25/h9-10,14-15,25-26H,5-8,11-12H2,1-4H3,(H,21,27)/t14-,15+/m0/s1. The van der Waals surface area contributed by atoms with Crippen LogP contribution >= 0.6 is 0 Å². The molecule has 2 saturated heterocycles. The molecule has 3 rings (SSSR count). The Bertz CT molecular complexity index is 699. The maximum atomic E-state index is 11.8. The summed E-state index contributed by atoms with van der Waals surface area (Å²) >= 11 is 0. The van der Waals surface area contributed by atoms with E-state index in [0.717, 1.165) is 31.3 Å². The summed E-state index contributed by atoms with van der Waals surface area (Å²) in [6.07, 6.45) is 5.01. The lowest BCUT2D eigenvalue weighted by molar-refractivity contribution is -0.131. The first kappa shape index (κ1) is 22.0. The normalized spacial score (nSPS) is 24.4. The van der Waals surface area contributed by atoms with E-state index in [4.69, 9.17) is 14.4 Å². The van der Waals surface area contributed by atoms with Crippen LogP contribution in [0.3, 0.4) is 0 Å². The highest BCUT2D eigenvalue weighted by Crippen LogP contribution is 2.36. The van der Waals surface area contributed by atoms with Gasteiger partial charge in [0.1, 0.15) is 0 Å². The minimum Gasteiger partial charge on any atom is -0.399 e. The van der Waals surface area contributed by atoms with Crippen molar-refractivity contribution >= 4 is 24.4 Å². The summed E-state index contributed by atoms with van der Waals surface area (Å²) < 4.78 is 12.1. The van der Waals surface area contributed by atoms with E-state index in [0.29, 0.717) is 12.5 Å². The first-order valence-electron chi connectivity index (χ1n) is 10.2. The molecule has 29 heavy (non-hydrogen) atoms. The van der Waals surface area contributed by atoms with Gasteiger partial charge in [-0.3, -0.25) is 4.79 Å². The third-order valence-electron chi connectivity index (χ3n) is 6.06. The summed E-state index contributed by atoms with van der Waals surface area (Å²) in [4.78, 5) is 22.9. The first-order valence-corrected chi connectivity index (χ1v) is 10.2. The fraction of sp³-hybridized carbons (Fsp3) is 0.737. The van der Waals surface area contributed by atoms with Gasteiger partial charge in [0.05, 0.1) is 17.8 Å². The van der Waals surface area contributed by atoms with Crippen LogP contribution in [-0.2, 0) is 14.1 Å². The van der Waals surface area contributed by atoms with Gasteiger partial charge in [0.2, 0.25) is 5.95 Å². The third kappa shape index (κ3) is 4.71. The molecule has 3 N–H and O–H groups in total. The molecular formula is C19H31BN4O5. The molecule has 3 heterocycles. The Hall–Kier alpha value is -1.75. The quantitative estimate of drug-likeness (QED) is 0.547. The van der Waals surface area contributed by atoms with Gasteiger partial charge in [-0.15, -0.1) is 0 Å². The average molecular weight is 406 g/mol. The number of hydrogen-bond acceptors (Lipinski definition) is 8. The van der Waals surface area contributed by atoms with Crippen molar-refractivity contribution in [1.82, 2.24) is 15.3 Å². The fourth-order valence-electron chi connectivity index (χ4n) is 3.48. The zero-order chi connectivity index (χ0) is 21.2. The van der Waals surface area contributed by atoms with Crippen LogP contribution < -0.4 is 15.7 Å². The highest BCUT2D eigenvalue weighted by Gasteiger charge is 2.52. The second-order valence-corrected chi connectivity index (χ2v) is 8.69. The summed E-state index contributed by atoms with van der Waals surface area (Å²) in [5.41, 5.74) is -0.0857. The molecule has 0 saturated carbocycles. The Balaban J connectivity index is 1.67. The van der Waals surface area contributed by atoms with Crippen molar-refractivity contribution in [2.45, 2.75) is 70.3 Å². The lowest BCUT2D eigenvalue weighted by Crippen LogP contribution is -2.49.